The Morgan fingerprint density at radius 1 is 0.958 bits per heavy atom. The van der Waals surface area contributed by atoms with Gasteiger partial charge in [-0.25, -0.2) is 0 Å². The van der Waals surface area contributed by atoms with E-state index < -0.39 is 5.78 Å². The average Bonchev–Trinajstić information content (AvgIpc) is 2.58. The first-order valence-corrected chi connectivity index (χ1v) is 7.05. The van der Waals surface area contributed by atoms with Crippen LogP contribution in [0, 0.1) is 0 Å². The van der Waals surface area contributed by atoms with Gasteiger partial charge in [-0.2, -0.15) is 0 Å². The highest BCUT2D eigenvalue weighted by molar-refractivity contribution is 6.10. The zero-order chi connectivity index (χ0) is 17.7. The van der Waals surface area contributed by atoms with Crippen molar-refractivity contribution < 1.29 is 29.2 Å². The molecule has 0 atom stereocenters. The lowest BCUT2D eigenvalue weighted by Crippen LogP contribution is -1.97. The Hall–Kier alpha value is -3.15. The number of ketones is 1. The van der Waals surface area contributed by atoms with Crippen LogP contribution in [0.1, 0.15) is 15.9 Å². The number of phenolic OH excluding ortho intramolecular Hbond substituents is 2. The van der Waals surface area contributed by atoms with E-state index in [-0.39, 0.29) is 17.1 Å². The highest BCUT2D eigenvalue weighted by atomic mass is 16.5. The second-order valence-corrected chi connectivity index (χ2v) is 4.83. The summed E-state index contributed by atoms with van der Waals surface area (Å²) < 4.78 is 15.7. The van der Waals surface area contributed by atoms with E-state index in [2.05, 4.69) is 0 Å². The van der Waals surface area contributed by atoms with Crippen molar-refractivity contribution in [3.8, 4) is 28.7 Å². The average molecular weight is 330 g/mol. The van der Waals surface area contributed by atoms with Gasteiger partial charge in [-0.15, -0.1) is 0 Å². The van der Waals surface area contributed by atoms with Crippen molar-refractivity contribution in [2.45, 2.75) is 0 Å². The van der Waals surface area contributed by atoms with Gasteiger partial charge in [-0.3, -0.25) is 4.79 Å². The largest absolute Gasteiger partial charge is 0.507 e. The minimum absolute atomic E-state index is 0.152. The van der Waals surface area contributed by atoms with Crippen LogP contribution in [0.5, 0.6) is 28.7 Å². The molecule has 6 nitrogen and oxygen atoms in total. The van der Waals surface area contributed by atoms with Gasteiger partial charge in [0.1, 0.15) is 17.1 Å². The molecule has 2 aromatic carbocycles. The zero-order valence-corrected chi connectivity index (χ0v) is 13.6. The first-order chi connectivity index (χ1) is 11.5. The number of aromatic hydroxyl groups is 2. The third-order valence-corrected chi connectivity index (χ3v) is 3.38. The maximum absolute atomic E-state index is 12.2. The van der Waals surface area contributed by atoms with Crippen LogP contribution >= 0.6 is 0 Å². The Bertz CT molecular complexity index is 734. The summed E-state index contributed by atoms with van der Waals surface area (Å²) >= 11 is 0. The third kappa shape index (κ3) is 3.43. The van der Waals surface area contributed by atoms with Crippen molar-refractivity contribution in [3.63, 3.8) is 0 Å². The van der Waals surface area contributed by atoms with Crippen molar-refractivity contribution in [1.82, 2.24) is 0 Å². The quantitative estimate of drug-likeness (QED) is 0.625. The molecule has 0 unspecified atom stereocenters. The van der Waals surface area contributed by atoms with Crippen molar-refractivity contribution in [2.24, 2.45) is 0 Å². The first-order valence-electron chi connectivity index (χ1n) is 7.05. The highest BCUT2D eigenvalue weighted by Crippen LogP contribution is 2.38. The Morgan fingerprint density at radius 3 is 1.96 bits per heavy atom. The summed E-state index contributed by atoms with van der Waals surface area (Å²) in [5, 5.41) is 19.4. The number of hydrogen-bond donors (Lipinski definition) is 2. The molecular formula is C18H18O6. The number of methoxy groups -OCH3 is 3. The molecule has 0 heterocycles. The minimum atomic E-state index is -0.528. The first kappa shape index (κ1) is 17.2. The van der Waals surface area contributed by atoms with Gasteiger partial charge in [0.15, 0.2) is 17.3 Å². The molecule has 2 N–H and O–H groups in total. The third-order valence-electron chi connectivity index (χ3n) is 3.38. The molecule has 0 aromatic heterocycles. The molecule has 0 saturated heterocycles. The molecule has 0 radical (unpaired) electrons. The molecular weight excluding hydrogens is 312 g/mol. The summed E-state index contributed by atoms with van der Waals surface area (Å²) in [6.45, 7) is 0. The van der Waals surface area contributed by atoms with Crippen molar-refractivity contribution >= 4 is 11.9 Å². The van der Waals surface area contributed by atoms with Crippen LogP contribution in [0.15, 0.2) is 36.4 Å². The standard InChI is InChI=1S/C18H18O6/c1-22-15-9-11(10-16(23-2)18(15)24-3)7-8-14(21)17-12(19)5-4-6-13(17)20/h4-10,19-20H,1-3H3/b8-7+. The van der Waals surface area contributed by atoms with E-state index in [4.69, 9.17) is 14.2 Å². The van der Waals surface area contributed by atoms with Crippen LogP contribution in [-0.4, -0.2) is 37.3 Å². The normalized spacial score (nSPS) is 10.6. The molecule has 126 valence electrons. The molecule has 24 heavy (non-hydrogen) atoms. The van der Waals surface area contributed by atoms with Gasteiger partial charge >= 0.3 is 0 Å². The fourth-order valence-electron chi connectivity index (χ4n) is 2.23. The molecule has 0 spiro atoms. The van der Waals surface area contributed by atoms with E-state index in [9.17, 15) is 15.0 Å². The number of hydrogen-bond acceptors (Lipinski definition) is 6. The summed E-state index contributed by atoms with van der Waals surface area (Å²) in [5.74, 6) is 0.258. The topological polar surface area (TPSA) is 85.2 Å². The Balaban J connectivity index is 2.37. The van der Waals surface area contributed by atoms with Crippen LogP contribution in [-0.2, 0) is 0 Å². The predicted molar refractivity (Wildman–Crippen MR) is 89.2 cm³/mol. The molecule has 0 aliphatic rings. The number of allylic oxidation sites excluding steroid dienone is 1. The van der Waals surface area contributed by atoms with Gasteiger partial charge in [-0.1, -0.05) is 12.1 Å². The maximum Gasteiger partial charge on any atom is 0.203 e. The summed E-state index contributed by atoms with van der Waals surface area (Å²) in [5.41, 5.74) is 0.481. The Morgan fingerprint density at radius 2 is 1.50 bits per heavy atom. The second-order valence-electron chi connectivity index (χ2n) is 4.83. The van der Waals surface area contributed by atoms with Crippen LogP contribution in [0.4, 0.5) is 0 Å². The van der Waals surface area contributed by atoms with E-state index >= 15 is 0 Å². The van der Waals surface area contributed by atoms with E-state index in [1.807, 2.05) is 0 Å². The smallest absolute Gasteiger partial charge is 0.203 e. The number of benzene rings is 2. The van der Waals surface area contributed by atoms with E-state index in [1.54, 1.807) is 12.1 Å². The van der Waals surface area contributed by atoms with Gasteiger partial charge in [0.05, 0.1) is 21.3 Å². The fourth-order valence-corrected chi connectivity index (χ4v) is 2.23. The van der Waals surface area contributed by atoms with E-state index in [0.29, 0.717) is 22.8 Å². The van der Waals surface area contributed by atoms with Crippen molar-refractivity contribution in [2.75, 3.05) is 21.3 Å². The van der Waals surface area contributed by atoms with Gasteiger partial charge in [0.2, 0.25) is 5.75 Å². The van der Waals surface area contributed by atoms with Crippen LogP contribution in [0.3, 0.4) is 0 Å². The van der Waals surface area contributed by atoms with Crippen LogP contribution < -0.4 is 14.2 Å². The molecule has 0 amide bonds. The molecule has 0 aliphatic heterocycles. The van der Waals surface area contributed by atoms with Crippen molar-refractivity contribution in [3.05, 3.63) is 47.5 Å². The molecule has 2 aromatic rings. The van der Waals surface area contributed by atoms with Gasteiger partial charge < -0.3 is 24.4 Å². The second kappa shape index (κ2) is 7.41. The number of phenols is 2. The van der Waals surface area contributed by atoms with Gasteiger partial charge in [0, 0.05) is 0 Å². The summed E-state index contributed by atoms with van der Waals surface area (Å²) in [6.07, 6.45) is 2.77. The SMILES string of the molecule is COc1cc(/C=C/C(=O)c2c(O)cccc2O)cc(OC)c1OC. The lowest BCUT2D eigenvalue weighted by atomic mass is 10.1. The number of ether oxygens (including phenoxy) is 3. The van der Waals surface area contributed by atoms with Gasteiger partial charge in [-0.05, 0) is 35.9 Å². The van der Waals surface area contributed by atoms with Crippen LogP contribution in [0.2, 0.25) is 0 Å². The molecule has 6 heteroatoms. The number of carbonyl (C=O) groups is 1. The molecule has 2 rings (SSSR count). The Kier molecular flexibility index (Phi) is 5.31. The van der Waals surface area contributed by atoms with Gasteiger partial charge in [0.25, 0.3) is 0 Å². The fraction of sp³-hybridized carbons (Fsp3) is 0.167. The highest BCUT2D eigenvalue weighted by Gasteiger charge is 2.15. The zero-order valence-electron chi connectivity index (χ0n) is 13.6. The lowest BCUT2D eigenvalue weighted by molar-refractivity contribution is 0.104. The summed E-state index contributed by atoms with van der Waals surface area (Å²) in [6, 6.07) is 7.47. The predicted octanol–water partition coefficient (Wildman–Crippen LogP) is 3.02. The number of rotatable bonds is 6. The molecule has 0 bridgehead atoms. The minimum Gasteiger partial charge on any atom is -0.507 e. The summed E-state index contributed by atoms with van der Waals surface area (Å²) in [7, 11) is 4.49. The monoisotopic (exact) mass is 330 g/mol. The van der Waals surface area contributed by atoms with E-state index in [0.717, 1.165) is 0 Å². The van der Waals surface area contributed by atoms with Crippen molar-refractivity contribution in [1.29, 1.82) is 0 Å². The maximum atomic E-state index is 12.2. The number of carbonyl (C=O) groups excluding carboxylic acids is 1. The molecule has 0 saturated carbocycles. The summed E-state index contributed by atoms with van der Waals surface area (Å²) in [4.78, 5) is 12.2. The molecule has 0 fully saturated rings. The Labute approximate surface area is 139 Å². The van der Waals surface area contributed by atoms with Crippen LogP contribution in [0.25, 0.3) is 6.08 Å². The lowest BCUT2D eigenvalue weighted by Gasteiger charge is -2.12. The molecule has 0 aliphatic carbocycles. The van der Waals surface area contributed by atoms with E-state index in [1.165, 1.54) is 51.7 Å².